The van der Waals surface area contributed by atoms with E-state index in [0.29, 0.717) is 0 Å². The molecule has 0 aliphatic carbocycles. The van der Waals surface area contributed by atoms with Crippen LogP contribution in [0, 0.1) is 0 Å². The minimum Gasteiger partial charge on any atom is -0.388 e. The molecule has 5 atom stereocenters. The van der Waals surface area contributed by atoms with Crippen LogP contribution in [0.4, 0.5) is 0 Å². The van der Waals surface area contributed by atoms with E-state index in [-0.39, 0.29) is 0 Å². The van der Waals surface area contributed by atoms with Crippen molar-refractivity contribution in [1.29, 1.82) is 0 Å². The SMILES string of the molecule is CC(=O)N[C@H]1C(O)O[C@H](COS(=O)(=O)O)[C@H](OS(=O)(=O)O)[C@@H]1O. The number of aliphatic hydroxyl groups is 2. The van der Waals surface area contributed by atoms with Crippen molar-refractivity contribution >= 4 is 26.7 Å². The molecule has 0 aromatic carbocycles. The normalized spacial score (nSPS) is 32.5. The first kappa shape index (κ1) is 20.1. The van der Waals surface area contributed by atoms with Crippen LogP contribution in [0.2, 0.25) is 0 Å². The van der Waals surface area contributed by atoms with E-state index in [0.717, 1.165) is 6.92 Å². The van der Waals surface area contributed by atoms with Crippen molar-refractivity contribution in [1.82, 2.24) is 5.32 Å². The second-order valence-electron chi connectivity index (χ2n) is 4.48. The van der Waals surface area contributed by atoms with E-state index in [4.69, 9.17) is 13.8 Å². The summed E-state index contributed by atoms with van der Waals surface area (Å²) in [6.07, 6.45) is -7.49. The molecule has 0 aromatic heterocycles. The number of hydrogen-bond donors (Lipinski definition) is 5. The third kappa shape index (κ3) is 6.61. The molecule has 1 fully saturated rings. The lowest BCUT2D eigenvalue weighted by Crippen LogP contribution is -2.65. The van der Waals surface area contributed by atoms with Crippen molar-refractivity contribution in [2.24, 2.45) is 0 Å². The van der Waals surface area contributed by atoms with Gasteiger partial charge >= 0.3 is 20.8 Å². The summed E-state index contributed by atoms with van der Waals surface area (Å²) < 4.78 is 72.8. The molecule has 15 heteroatoms. The van der Waals surface area contributed by atoms with Crippen LogP contribution in [0.25, 0.3) is 0 Å². The molecule has 0 radical (unpaired) electrons. The van der Waals surface area contributed by atoms with Gasteiger partial charge in [-0.15, -0.1) is 0 Å². The smallest absolute Gasteiger partial charge is 0.388 e. The van der Waals surface area contributed by atoms with Gasteiger partial charge in [-0.25, -0.2) is 8.37 Å². The highest BCUT2D eigenvalue weighted by molar-refractivity contribution is 7.81. The predicted molar refractivity (Wildman–Crippen MR) is 68.4 cm³/mol. The average Bonchev–Trinajstić information content (AvgIpc) is 2.33. The van der Waals surface area contributed by atoms with E-state index in [1.807, 2.05) is 0 Å². The summed E-state index contributed by atoms with van der Waals surface area (Å²) in [5.74, 6) is -0.713. The van der Waals surface area contributed by atoms with Gasteiger partial charge in [-0.05, 0) is 0 Å². The van der Waals surface area contributed by atoms with Gasteiger partial charge in [0, 0.05) is 6.92 Å². The summed E-state index contributed by atoms with van der Waals surface area (Å²) >= 11 is 0. The van der Waals surface area contributed by atoms with Gasteiger partial charge < -0.3 is 20.3 Å². The zero-order valence-corrected chi connectivity index (χ0v) is 13.1. The Morgan fingerprint density at radius 3 is 2.17 bits per heavy atom. The number of carbonyl (C=O) groups is 1. The maximum absolute atomic E-state index is 11.0. The van der Waals surface area contributed by atoms with E-state index < -0.39 is 64.0 Å². The Labute approximate surface area is 131 Å². The highest BCUT2D eigenvalue weighted by Crippen LogP contribution is 2.24. The fourth-order valence-corrected chi connectivity index (χ4v) is 2.70. The number of rotatable bonds is 6. The summed E-state index contributed by atoms with van der Waals surface area (Å²) in [5.41, 5.74) is 0. The van der Waals surface area contributed by atoms with E-state index in [1.165, 1.54) is 0 Å². The van der Waals surface area contributed by atoms with Crippen LogP contribution >= 0.6 is 0 Å². The molecule has 1 amide bonds. The highest BCUT2D eigenvalue weighted by atomic mass is 32.3. The number of aliphatic hydroxyl groups excluding tert-OH is 2. The van der Waals surface area contributed by atoms with E-state index in [2.05, 4.69) is 13.7 Å². The fourth-order valence-electron chi connectivity index (χ4n) is 1.87. The third-order valence-electron chi connectivity index (χ3n) is 2.68. The molecular weight excluding hydrogens is 366 g/mol. The molecule has 1 unspecified atom stereocenters. The topological polar surface area (TPSA) is 206 Å². The van der Waals surface area contributed by atoms with Crippen molar-refractivity contribution in [2.75, 3.05) is 6.61 Å². The van der Waals surface area contributed by atoms with Crippen molar-refractivity contribution in [3.05, 3.63) is 0 Å². The lowest BCUT2D eigenvalue weighted by molar-refractivity contribution is -0.247. The predicted octanol–water partition coefficient (Wildman–Crippen LogP) is -3.42. The molecule has 0 aromatic rings. The van der Waals surface area contributed by atoms with Gasteiger partial charge in [0.15, 0.2) is 6.29 Å². The first-order valence-electron chi connectivity index (χ1n) is 5.86. The molecular formula is C8H15NO12S2. The summed E-state index contributed by atoms with van der Waals surface area (Å²) in [6, 6.07) is -1.54. The van der Waals surface area contributed by atoms with Crippen molar-refractivity contribution in [2.45, 2.75) is 37.6 Å². The molecule has 13 nitrogen and oxygen atoms in total. The Balaban J connectivity index is 3.01. The molecule has 0 saturated carbocycles. The van der Waals surface area contributed by atoms with Gasteiger partial charge in [0.25, 0.3) is 0 Å². The van der Waals surface area contributed by atoms with Crippen molar-refractivity contribution in [3.8, 4) is 0 Å². The molecule has 0 spiro atoms. The van der Waals surface area contributed by atoms with Gasteiger partial charge in [0.05, 0.1) is 6.61 Å². The molecule has 1 aliphatic heterocycles. The molecule has 1 heterocycles. The second-order valence-corrected chi connectivity index (χ2v) is 6.62. The molecule has 1 rings (SSSR count). The Bertz CT molecular complexity index is 629. The van der Waals surface area contributed by atoms with Crippen LogP contribution in [-0.2, 0) is 38.7 Å². The molecule has 1 saturated heterocycles. The molecule has 23 heavy (non-hydrogen) atoms. The average molecular weight is 381 g/mol. The minimum atomic E-state index is -5.11. The summed E-state index contributed by atoms with van der Waals surface area (Å²) in [4.78, 5) is 11.0. The monoisotopic (exact) mass is 381 g/mol. The second kappa shape index (κ2) is 7.32. The Hall–Kier alpha value is -0.910. The van der Waals surface area contributed by atoms with Crippen molar-refractivity contribution < 1.29 is 54.1 Å². The lowest BCUT2D eigenvalue weighted by atomic mass is 9.97. The van der Waals surface area contributed by atoms with Crippen LogP contribution in [-0.4, -0.2) is 79.3 Å². The maximum atomic E-state index is 11.0. The largest absolute Gasteiger partial charge is 0.397 e. The van der Waals surface area contributed by atoms with Gasteiger partial charge in [-0.3, -0.25) is 13.9 Å². The fraction of sp³-hybridized carbons (Fsp3) is 0.875. The molecule has 0 bridgehead atoms. The van der Waals surface area contributed by atoms with Gasteiger partial charge in [0.1, 0.15) is 24.4 Å². The number of nitrogens with one attached hydrogen (secondary N) is 1. The summed E-state index contributed by atoms with van der Waals surface area (Å²) in [7, 11) is -10.1. The van der Waals surface area contributed by atoms with Crippen LogP contribution < -0.4 is 5.32 Å². The Morgan fingerprint density at radius 2 is 1.74 bits per heavy atom. The van der Waals surface area contributed by atoms with Gasteiger partial charge in [0.2, 0.25) is 5.91 Å². The van der Waals surface area contributed by atoms with Crippen molar-refractivity contribution in [3.63, 3.8) is 0 Å². The van der Waals surface area contributed by atoms with E-state index in [1.54, 1.807) is 0 Å². The highest BCUT2D eigenvalue weighted by Gasteiger charge is 2.48. The quantitative estimate of drug-likeness (QED) is 0.285. The molecule has 136 valence electrons. The lowest BCUT2D eigenvalue weighted by Gasteiger charge is -2.41. The maximum Gasteiger partial charge on any atom is 0.397 e. The van der Waals surface area contributed by atoms with Crippen LogP contribution in [0.1, 0.15) is 6.92 Å². The first-order chi connectivity index (χ1) is 10.3. The molecule has 1 aliphatic rings. The number of carbonyl (C=O) groups excluding carboxylic acids is 1. The third-order valence-corrected chi connectivity index (χ3v) is 3.58. The first-order valence-corrected chi connectivity index (χ1v) is 8.59. The Morgan fingerprint density at radius 1 is 1.17 bits per heavy atom. The summed E-state index contributed by atoms with van der Waals surface area (Å²) in [6.45, 7) is -0.0223. The van der Waals surface area contributed by atoms with Gasteiger partial charge in [-0.1, -0.05) is 0 Å². The minimum absolute atomic E-state index is 0.713. The van der Waals surface area contributed by atoms with Gasteiger partial charge in [-0.2, -0.15) is 16.8 Å². The Kier molecular flexibility index (Phi) is 6.41. The number of amides is 1. The summed E-state index contributed by atoms with van der Waals surface area (Å²) in [5, 5.41) is 21.7. The standard InChI is InChI=1S/C8H15NO12S2/c1-3(10)9-5-6(11)7(21-23(16,17)18)4(20-8(5)12)2-19-22(13,14)15/h4-8,11-12H,2H2,1H3,(H,9,10)(H,13,14,15)(H,16,17,18)/t4-,5-,6-,7+,8?/m1/s1. The van der Waals surface area contributed by atoms with E-state index in [9.17, 15) is 31.8 Å². The van der Waals surface area contributed by atoms with Crippen LogP contribution in [0.15, 0.2) is 0 Å². The van der Waals surface area contributed by atoms with Crippen LogP contribution in [0.5, 0.6) is 0 Å². The van der Waals surface area contributed by atoms with Crippen LogP contribution in [0.3, 0.4) is 0 Å². The number of hydrogen-bond acceptors (Lipinski definition) is 10. The van der Waals surface area contributed by atoms with E-state index >= 15 is 0 Å². The zero-order valence-electron chi connectivity index (χ0n) is 11.5. The number of ether oxygens (including phenoxy) is 1. The molecule has 5 N–H and O–H groups in total. The zero-order chi connectivity index (χ0) is 18.0.